The maximum Gasteiger partial charge on any atom is 0.240 e. The lowest BCUT2D eigenvalue weighted by atomic mass is 10.3. The van der Waals surface area contributed by atoms with E-state index in [9.17, 15) is 8.42 Å². The summed E-state index contributed by atoms with van der Waals surface area (Å²) in [6.07, 6.45) is 0.817. The minimum atomic E-state index is -3.53. The van der Waals surface area contributed by atoms with Crippen molar-refractivity contribution in [2.24, 2.45) is 0 Å². The average Bonchev–Trinajstić information content (AvgIpc) is 2.28. The van der Waals surface area contributed by atoms with Crippen LogP contribution in [0.5, 0.6) is 0 Å². The van der Waals surface area contributed by atoms with Gasteiger partial charge in [-0.25, -0.2) is 13.1 Å². The maximum atomic E-state index is 11.8. The third-order valence-electron chi connectivity index (χ3n) is 1.96. The molecule has 0 saturated heterocycles. The van der Waals surface area contributed by atoms with E-state index in [0.29, 0.717) is 22.3 Å². The van der Waals surface area contributed by atoms with Gasteiger partial charge >= 0.3 is 0 Å². The number of halogens is 2. The number of nitrogens with zero attached hydrogens (tertiary/aromatic N) is 1. The molecular weight excluding hydrogens is 328 g/mol. The van der Waals surface area contributed by atoms with Crippen LogP contribution >= 0.6 is 27.5 Å². The molecule has 0 aliphatic heterocycles. The van der Waals surface area contributed by atoms with Crippen LogP contribution in [0.4, 0.5) is 0 Å². The minimum absolute atomic E-state index is 0.144. The Morgan fingerprint density at radius 3 is 2.76 bits per heavy atom. The number of nitrogens with one attached hydrogen (secondary N) is 1. The van der Waals surface area contributed by atoms with Crippen LogP contribution < -0.4 is 4.72 Å². The van der Waals surface area contributed by atoms with Gasteiger partial charge in [0.1, 0.15) is 0 Å². The van der Waals surface area contributed by atoms with E-state index in [-0.39, 0.29) is 11.4 Å². The van der Waals surface area contributed by atoms with E-state index >= 15 is 0 Å². The van der Waals surface area contributed by atoms with E-state index in [1.807, 2.05) is 6.07 Å². The zero-order valence-corrected chi connectivity index (χ0v) is 11.9. The van der Waals surface area contributed by atoms with Gasteiger partial charge in [-0.3, -0.25) is 0 Å². The van der Waals surface area contributed by atoms with Crippen molar-refractivity contribution < 1.29 is 8.42 Å². The van der Waals surface area contributed by atoms with Crippen LogP contribution in [0.3, 0.4) is 0 Å². The summed E-state index contributed by atoms with van der Waals surface area (Å²) in [5, 5.41) is 8.78. The molecule has 0 aliphatic rings. The van der Waals surface area contributed by atoms with Gasteiger partial charge in [0.2, 0.25) is 10.0 Å². The third kappa shape index (κ3) is 4.28. The molecule has 0 heterocycles. The van der Waals surface area contributed by atoms with Crippen molar-refractivity contribution in [3.63, 3.8) is 0 Å². The topological polar surface area (TPSA) is 70.0 Å². The summed E-state index contributed by atoms with van der Waals surface area (Å²) in [5.41, 5.74) is 0. The summed E-state index contributed by atoms with van der Waals surface area (Å²) in [6, 6.07) is 6.33. The number of rotatable bonds is 5. The SMILES string of the molecule is N#CCCCNS(=O)(=O)c1ccc(Cl)c(Br)c1. The van der Waals surface area contributed by atoms with Crippen LogP contribution in [0.2, 0.25) is 5.02 Å². The molecule has 0 radical (unpaired) electrons. The largest absolute Gasteiger partial charge is 0.240 e. The van der Waals surface area contributed by atoms with Crippen molar-refractivity contribution >= 4 is 37.6 Å². The van der Waals surface area contributed by atoms with Gasteiger partial charge in [0.25, 0.3) is 0 Å². The fourth-order valence-electron chi connectivity index (χ4n) is 1.10. The quantitative estimate of drug-likeness (QED) is 0.840. The molecule has 7 heteroatoms. The van der Waals surface area contributed by atoms with Gasteiger partial charge in [0.15, 0.2) is 0 Å². The van der Waals surface area contributed by atoms with Gasteiger partial charge in [0.05, 0.1) is 16.0 Å². The van der Waals surface area contributed by atoms with Crippen LogP contribution in [-0.4, -0.2) is 15.0 Å². The van der Waals surface area contributed by atoms with Gasteiger partial charge in [-0.2, -0.15) is 5.26 Å². The molecule has 4 nitrogen and oxygen atoms in total. The lowest BCUT2D eigenvalue weighted by Crippen LogP contribution is -2.24. The predicted molar refractivity (Wildman–Crippen MR) is 69.2 cm³/mol. The molecule has 0 saturated carbocycles. The Bertz CT molecular complexity index is 540. The lowest BCUT2D eigenvalue weighted by molar-refractivity contribution is 0.579. The number of hydrogen-bond donors (Lipinski definition) is 1. The van der Waals surface area contributed by atoms with Crippen LogP contribution in [0.25, 0.3) is 0 Å². The van der Waals surface area contributed by atoms with E-state index in [0.717, 1.165) is 0 Å². The second-order valence-corrected chi connectivity index (χ2v) is 6.26. The molecule has 0 bridgehead atoms. The smallest absolute Gasteiger partial charge is 0.211 e. The number of nitriles is 1. The molecule has 0 atom stereocenters. The summed E-state index contributed by atoms with van der Waals surface area (Å²) in [6.45, 7) is 0.246. The van der Waals surface area contributed by atoms with Crippen LogP contribution in [0.1, 0.15) is 12.8 Å². The number of unbranched alkanes of at least 4 members (excludes halogenated alkanes) is 1. The Morgan fingerprint density at radius 1 is 1.47 bits per heavy atom. The summed E-state index contributed by atoms with van der Waals surface area (Å²) < 4.78 is 26.5. The fourth-order valence-corrected chi connectivity index (χ4v) is 2.85. The summed E-state index contributed by atoms with van der Waals surface area (Å²) in [7, 11) is -3.53. The standard InChI is InChI=1S/C10H10BrClN2O2S/c11-9-7-8(3-4-10(9)12)17(15,16)14-6-2-1-5-13/h3-4,7,14H,1-2,6H2. The Labute approximate surface area is 114 Å². The minimum Gasteiger partial charge on any atom is -0.211 e. The highest BCUT2D eigenvalue weighted by atomic mass is 79.9. The van der Waals surface area contributed by atoms with Crippen molar-refractivity contribution in [2.45, 2.75) is 17.7 Å². The van der Waals surface area contributed by atoms with Crippen LogP contribution in [0, 0.1) is 11.3 Å². The van der Waals surface area contributed by atoms with E-state index in [4.69, 9.17) is 16.9 Å². The van der Waals surface area contributed by atoms with Crippen LogP contribution in [-0.2, 0) is 10.0 Å². The molecule has 1 rings (SSSR count). The molecule has 0 aromatic heterocycles. The van der Waals surface area contributed by atoms with Gasteiger partial charge < -0.3 is 0 Å². The van der Waals surface area contributed by atoms with Crippen molar-refractivity contribution in [3.8, 4) is 6.07 Å². The highest BCUT2D eigenvalue weighted by Crippen LogP contribution is 2.25. The lowest BCUT2D eigenvalue weighted by Gasteiger charge is -2.06. The molecule has 1 aromatic rings. The monoisotopic (exact) mass is 336 g/mol. The highest BCUT2D eigenvalue weighted by molar-refractivity contribution is 9.10. The van der Waals surface area contributed by atoms with E-state index in [2.05, 4.69) is 20.7 Å². The Balaban J connectivity index is 2.76. The second kappa shape index (κ2) is 6.36. The number of hydrogen-bond acceptors (Lipinski definition) is 3. The van der Waals surface area contributed by atoms with Crippen molar-refractivity contribution in [1.82, 2.24) is 4.72 Å². The molecule has 0 aliphatic carbocycles. The first-order chi connectivity index (χ1) is 7.97. The Hall–Kier alpha value is -0.610. The molecule has 1 aromatic carbocycles. The molecular formula is C10H10BrClN2O2S. The Morgan fingerprint density at radius 2 is 2.18 bits per heavy atom. The highest BCUT2D eigenvalue weighted by Gasteiger charge is 2.14. The molecule has 0 unspecified atom stereocenters. The van der Waals surface area contributed by atoms with Crippen molar-refractivity contribution in [1.29, 1.82) is 5.26 Å². The second-order valence-electron chi connectivity index (χ2n) is 3.24. The fraction of sp³-hybridized carbons (Fsp3) is 0.300. The zero-order chi connectivity index (χ0) is 12.9. The molecule has 1 N–H and O–H groups in total. The van der Waals surface area contributed by atoms with Crippen molar-refractivity contribution in [3.05, 3.63) is 27.7 Å². The van der Waals surface area contributed by atoms with E-state index in [1.165, 1.54) is 18.2 Å². The summed E-state index contributed by atoms with van der Waals surface area (Å²) in [5.74, 6) is 0. The number of sulfonamides is 1. The first kappa shape index (κ1) is 14.5. The van der Waals surface area contributed by atoms with Gasteiger partial charge in [-0.05, 0) is 40.5 Å². The Kier molecular flexibility index (Phi) is 5.40. The normalized spacial score (nSPS) is 11.1. The van der Waals surface area contributed by atoms with E-state index in [1.54, 1.807) is 0 Å². The third-order valence-corrected chi connectivity index (χ3v) is 4.63. The van der Waals surface area contributed by atoms with Gasteiger partial charge in [0, 0.05) is 17.4 Å². The molecule has 0 fully saturated rings. The van der Waals surface area contributed by atoms with Gasteiger partial charge in [-0.1, -0.05) is 11.6 Å². The first-order valence-electron chi connectivity index (χ1n) is 4.79. The maximum absolute atomic E-state index is 11.8. The average molecular weight is 338 g/mol. The molecule has 92 valence electrons. The molecule has 0 amide bonds. The molecule has 0 spiro atoms. The number of benzene rings is 1. The van der Waals surface area contributed by atoms with Crippen LogP contribution in [0.15, 0.2) is 27.6 Å². The molecule has 17 heavy (non-hydrogen) atoms. The van der Waals surface area contributed by atoms with E-state index < -0.39 is 10.0 Å². The zero-order valence-electron chi connectivity index (χ0n) is 8.78. The predicted octanol–water partition coefficient (Wildman–Crippen LogP) is 2.68. The van der Waals surface area contributed by atoms with Crippen molar-refractivity contribution in [2.75, 3.05) is 6.54 Å². The summed E-state index contributed by atoms with van der Waals surface area (Å²) in [4.78, 5) is 0.144. The summed E-state index contributed by atoms with van der Waals surface area (Å²) >= 11 is 8.94. The first-order valence-corrected chi connectivity index (χ1v) is 7.44. The van der Waals surface area contributed by atoms with Gasteiger partial charge in [-0.15, -0.1) is 0 Å².